The van der Waals surface area contributed by atoms with Crippen LogP contribution in [0.4, 0.5) is 11.4 Å². The Morgan fingerprint density at radius 3 is 1.40 bits per heavy atom. The summed E-state index contributed by atoms with van der Waals surface area (Å²) in [5.41, 5.74) is 7.07. The van der Waals surface area contributed by atoms with E-state index in [2.05, 4.69) is 64.3 Å². The Hall–Kier alpha value is -0.581. The first-order chi connectivity index (χ1) is 11.7. The van der Waals surface area contributed by atoms with E-state index in [4.69, 9.17) is 17.8 Å². The molecule has 136 valence electrons. The van der Waals surface area contributed by atoms with E-state index in [0.717, 1.165) is 20.2 Å². The van der Waals surface area contributed by atoms with Crippen molar-refractivity contribution < 1.29 is 0 Å². The Morgan fingerprint density at radius 2 is 1.12 bits per heavy atom. The van der Waals surface area contributed by atoms with Gasteiger partial charge in [-0.1, -0.05) is 23.3 Å². The second kappa shape index (κ2) is 8.41. The van der Waals surface area contributed by atoms with Crippen LogP contribution in [0.5, 0.6) is 0 Å². The molecule has 2 nitrogen and oxygen atoms in total. The molecule has 2 aliphatic heterocycles. The third-order valence-electron chi connectivity index (χ3n) is 4.95. The van der Waals surface area contributed by atoms with Gasteiger partial charge >= 0.3 is 56.7 Å². The van der Waals surface area contributed by atoms with Gasteiger partial charge in [0.15, 0.2) is 0 Å². The van der Waals surface area contributed by atoms with Crippen LogP contribution in [0.15, 0.2) is 35.7 Å². The Kier molecular flexibility index (Phi) is 6.97. The zero-order valence-corrected chi connectivity index (χ0v) is 20.2. The first kappa shape index (κ1) is 20.7. The number of halogens is 2. The monoisotopic (exact) mass is 484 g/mol. The van der Waals surface area contributed by atoms with Crippen LogP contribution in [-0.4, -0.2) is 16.1 Å². The van der Waals surface area contributed by atoms with Gasteiger partial charge in [0.25, 0.3) is 0 Å². The quantitative estimate of drug-likeness (QED) is 0.413. The fourth-order valence-corrected chi connectivity index (χ4v) is 4.06. The molecule has 1 aromatic carbocycles. The predicted octanol–water partition coefficient (Wildman–Crippen LogP) is 6.82. The third-order valence-corrected chi connectivity index (χ3v) is 18.0. The van der Waals surface area contributed by atoms with Crippen LogP contribution in [0, 0.1) is 0 Å². The average molecular weight is 484 g/mol. The van der Waals surface area contributed by atoms with Gasteiger partial charge in [-0.3, -0.25) is 0 Å². The minimum absolute atomic E-state index is 1.01. The fraction of sp³-hybridized carbons (Fsp3) is 0.400. The molecule has 0 bridgehead atoms. The van der Waals surface area contributed by atoms with Gasteiger partial charge in [0, 0.05) is 0 Å². The van der Waals surface area contributed by atoms with Gasteiger partial charge in [0.05, 0.1) is 0 Å². The summed E-state index contributed by atoms with van der Waals surface area (Å²) in [6.07, 6.45) is 3.88. The number of fused-ring (bicyclic) bond motifs is 3. The molecule has 0 amide bonds. The van der Waals surface area contributed by atoms with E-state index in [9.17, 15) is 0 Å². The second-order valence-electron chi connectivity index (χ2n) is 6.55. The Morgan fingerprint density at radius 1 is 0.760 bits per heavy atom. The average Bonchev–Trinajstić information content (AvgIpc) is 2.61. The van der Waals surface area contributed by atoms with E-state index in [-0.39, 0.29) is 0 Å². The number of hydrogen-bond donors (Lipinski definition) is 0. The third kappa shape index (κ3) is 4.58. The maximum absolute atomic E-state index is 5.88. The molecule has 0 saturated carbocycles. The number of hydrogen-bond acceptors (Lipinski definition) is 0. The zero-order chi connectivity index (χ0) is 18.8. The molecule has 0 N–H and O–H groups in total. The van der Waals surface area contributed by atoms with Crippen molar-refractivity contribution in [2.24, 2.45) is 0 Å². The summed E-state index contributed by atoms with van der Waals surface area (Å²) >= 11 is -2.34. The van der Waals surface area contributed by atoms with Crippen molar-refractivity contribution in [3.8, 4) is 0 Å². The minimum atomic E-state index is -2.34. The topological polar surface area (TPSA) is 28.2 Å². The summed E-state index contributed by atoms with van der Waals surface area (Å²) in [7, 11) is 11.8. The molecule has 0 saturated heterocycles. The van der Waals surface area contributed by atoms with Crippen molar-refractivity contribution in [2.75, 3.05) is 0 Å². The molecule has 0 aromatic heterocycles. The van der Waals surface area contributed by atoms with Crippen molar-refractivity contribution in [3.63, 3.8) is 0 Å². The van der Waals surface area contributed by atoms with Crippen LogP contribution < -0.4 is 10.4 Å². The van der Waals surface area contributed by atoms with Crippen LogP contribution in [0.25, 0.3) is 21.8 Å². The van der Waals surface area contributed by atoms with Crippen molar-refractivity contribution in [1.29, 1.82) is 0 Å². The predicted molar refractivity (Wildman–Crippen MR) is 116 cm³/mol. The van der Waals surface area contributed by atoms with E-state index in [1.165, 1.54) is 32.7 Å². The van der Waals surface area contributed by atoms with Gasteiger partial charge in [-0.25, -0.2) is 0 Å². The van der Waals surface area contributed by atoms with E-state index >= 15 is 0 Å². The normalized spacial score (nSPS) is 15.7. The molecule has 2 heterocycles. The van der Waals surface area contributed by atoms with E-state index < -0.39 is 16.1 Å². The molecule has 0 aliphatic carbocycles. The van der Waals surface area contributed by atoms with Crippen molar-refractivity contribution >= 4 is 56.5 Å². The van der Waals surface area contributed by atoms with Gasteiger partial charge in [-0.2, -0.15) is 12.4 Å². The van der Waals surface area contributed by atoms with Crippen LogP contribution in [-0.2, 0) is 0 Å². The van der Waals surface area contributed by atoms with Gasteiger partial charge in [0.1, 0.15) is 0 Å². The standard InChI is InChI=1S/C16H16N2.2C2H5.2ClH.Sn/c1-9-7-17-15-13(11(9)3)5-6-14-12(4)10(2)8-18-16(14)15;2*1-2;;;/h5-8H,1-4H3;2*1H2,2H3;2*1H;/q-2;;;;;+2/p-2. The Balaban J connectivity index is 0.000000277. The molecule has 0 radical (unpaired) electrons. The van der Waals surface area contributed by atoms with E-state index in [1.54, 1.807) is 0 Å². The van der Waals surface area contributed by atoms with Gasteiger partial charge in [-0.15, -0.1) is 11.4 Å². The van der Waals surface area contributed by atoms with Gasteiger partial charge in [-0.05, 0) is 49.3 Å². The first-order valence-corrected chi connectivity index (χ1v) is 20.0. The van der Waals surface area contributed by atoms with Crippen LogP contribution in [0.3, 0.4) is 0 Å². The summed E-state index contributed by atoms with van der Waals surface area (Å²) in [4.78, 5) is 0. The van der Waals surface area contributed by atoms with E-state index in [1.807, 2.05) is 12.4 Å². The first-order valence-electron chi connectivity index (χ1n) is 8.70. The molecule has 25 heavy (non-hydrogen) atoms. The van der Waals surface area contributed by atoms with Crippen molar-refractivity contribution in [3.05, 3.63) is 56.7 Å². The summed E-state index contributed by atoms with van der Waals surface area (Å²) in [5.74, 6) is 0. The van der Waals surface area contributed by atoms with Crippen LogP contribution >= 0.6 is 17.8 Å². The maximum atomic E-state index is 5.88. The molecule has 3 rings (SSSR count). The molecule has 0 unspecified atom stereocenters. The number of rotatable bonds is 2. The van der Waals surface area contributed by atoms with E-state index in [0.29, 0.717) is 0 Å². The van der Waals surface area contributed by atoms with Crippen LogP contribution in [0.2, 0.25) is 8.87 Å². The molecule has 0 fully saturated rings. The summed E-state index contributed by atoms with van der Waals surface area (Å²) < 4.78 is 2.07. The summed E-state index contributed by atoms with van der Waals surface area (Å²) in [6.45, 7) is 12.6. The molecule has 0 spiro atoms. The molecule has 5 heteroatoms. The van der Waals surface area contributed by atoms with Gasteiger partial charge < -0.3 is 10.6 Å². The van der Waals surface area contributed by atoms with Crippen molar-refractivity contribution in [1.82, 2.24) is 0 Å². The Labute approximate surface area is 163 Å². The van der Waals surface area contributed by atoms with Crippen molar-refractivity contribution in [2.45, 2.75) is 50.4 Å². The molecular formula is C20H26Cl2N2Sn-2. The second-order valence-corrected chi connectivity index (χ2v) is 26.5. The Bertz CT molecular complexity index is 782. The SMILES string of the molecule is CC1=C[N-]c2c3c(ccc2=C1C)=C(C)C(C)=C[N-]3.C[CH2][Sn]([Cl])([Cl])[CH2]C. The zero-order valence-electron chi connectivity index (χ0n) is 15.9. The number of benzene rings is 1. The summed E-state index contributed by atoms with van der Waals surface area (Å²) in [5, 5.41) is 11.6. The molecule has 0 atom stereocenters. The fourth-order valence-electron chi connectivity index (χ4n) is 2.64. The number of nitrogens with zero attached hydrogens (tertiary/aromatic N) is 2. The molecular weight excluding hydrogens is 458 g/mol. The number of allylic oxidation sites excluding steroid dienone is 2. The summed E-state index contributed by atoms with van der Waals surface area (Å²) in [6, 6.07) is 4.34. The van der Waals surface area contributed by atoms with Crippen LogP contribution in [0.1, 0.15) is 41.5 Å². The molecule has 1 aromatic rings. The van der Waals surface area contributed by atoms with Gasteiger partial charge in [0.2, 0.25) is 0 Å². The molecule has 2 aliphatic rings.